The summed E-state index contributed by atoms with van der Waals surface area (Å²) in [5.74, 6) is 0.558. The third kappa shape index (κ3) is 4.01. The second-order valence-electron chi connectivity index (χ2n) is 5.06. The summed E-state index contributed by atoms with van der Waals surface area (Å²) in [5, 5.41) is 14.6. The van der Waals surface area contributed by atoms with E-state index in [-0.39, 0.29) is 11.6 Å². The Morgan fingerprint density at radius 1 is 1.23 bits per heavy atom. The lowest BCUT2D eigenvalue weighted by atomic mass is 10.1. The summed E-state index contributed by atoms with van der Waals surface area (Å²) < 4.78 is 6.17. The van der Waals surface area contributed by atoms with Crippen LogP contribution in [0.3, 0.4) is 0 Å². The standard InChI is InChI=1S/C17H11BrN4O4/c18-15-9-12(22(24)25)1-3-14(15)16-4-2-13(26-16)10-20-21-17(23)11-5-7-19-8-6-11/h1-10H,(H,21,23)/b20-10-. The summed E-state index contributed by atoms with van der Waals surface area (Å²) in [6, 6.07) is 10.9. The van der Waals surface area contributed by atoms with E-state index in [9.17, 15) is 14.9 Å². The number of nitro groups is 1. The summed E-state index contributed by atoms with van der Waals surface area (Å²) in [4.78, 5) is 26.0. The van der Waals surface area contributed by atoms with Crippen molar-refractivity contribution in [2.75, 3.05) is 0 Å². The highest BCUT2D eigenvalue weighted by Crippen LogP contribution is 2.32. The maximum absolute atomic E-state index is 11.8. The fourth-order valence-corrected chi connectivity index (χ4v) is 2.67. The van der Waals surface area contributed by atoms with E-state index in [1.807, 2.05) is 0 Å². The van der Waals surface area contributed by atoms with Gasteiger partial charge in [-0.05, 0) is 46.3 Å². The van der Waals surface area contributed by atoms with Crippen molar-refractivity contribution in [1.82, 2.24) is 10.4 Å². The van der Waals surface area contributed by atoms with Crippen LogP contribution in [0.1, 0.15) is 16.1 Å². The number of hydrogen-bond acceptors (Lipinski definition) is 6. The van der Waals surface area contributed by atoms with Crippen molar-refractivity contribution in [3.63, 3.8) is 0 Å². The number of halogens is 1. The zero-order valence-electron chi connectivity index (χ0n) is 13.1. The van der Waals surface area contributed by atoms with Gasteiger partial charge in [-0.15, -0.1) is 0 Å². The normalized spacial score (nSPS) is 10.8. The van der Waals surface area contributed by atoms with Crippen LogP contribution in [0, 0.1) is 10.1 Å². The minimum absolute atomic E-state index is 0.0206. The van der Waals surface area contributed by atoms with Crippen LogP contribution in [-0.2, 0) is 0 Å². The highest BCUT2D eigenvalue weighted by Gasteiger charge is 2.13. The largest absolute Gasteiger partial charge is 0.455 e. The molecule has 26 heavy (non-hydrogen) atoms. The zero-order chi connectivity index (χ0) is 18.5. The predicted molar refractivity (Wildman–Crippen MR) is 97.8 cm³/mol. The van der Waals surface area contributed by atoms with Crippen molar-refractivity contribution in [2.24, 2.45) is 5.10 Å². The Bertz CT molecular complexity index is 985. The molecule has 0 saturated heterocycles. The number of carbonyl (C=O) groups is 1. The van der Waals surface area contributed by atoms with Gasteiger partial charge in [0, 0.05) is 40.1 Å². The molecule has 0 fully saturated rings. The van der Waals surface area contributed by atoms with E-state index in [0.29, 0.717) is 27.1 Å². The summed E-state index contributed by atoms with van der Waals surface area (Å²) in [7, 11) is 0. The predicted octanol–water partition coefficient (Wildman–Crippen LogP) is 3.78. The summed E-state index contributed by atoms with van der Waals surface area (Å²) in [6.45, 7) is 0. The maximum Gasteiger partial charge on any atom is 0.271 e. The molecular formula is C17H11BrN4O4. The zero-order valence-corrected chi connectivity index (χ0v) is 14.7. The molecule has 2 heterocycles. The van der Waals surface area contributed by atoms with Gasteiger partial charge in [-0.3, -0.25) is 19.9 Å². The van der Waals surface area contributed by atoms with E-state index in [1.165, 1.54) is 30.7 Å². The van der Waals surface area contributed by atoms with Crippen LogP contribution in [-0.4, -0.2) is 22.0 Å². The van der Waals surface area contributed by atoms with E-state index in [0.717, 1.165) is 0 Å². The monoisotopic (exact) mass is 414 g/mol. The number of hydrogen-bond donors (Lipinski definition) is 1. The molecule has 9 heteroatoms. The Labute approximate surface area is 155 Å². The van der Waals surface area contributed by atoms with Gasteiger partial charge in [0.15, 0.2) is 0 Å². The molecular weight excluding hydrogens is 404 g/mol. The molecule has 2 aromatic heterocycles. The van der Waals surface area contributed by atoms with Crippen LogP contribution in [0.2, 0.25) is 0 Å². The number of aromatic nitrogens is 1. The third-order valence-corrected chi connectivity index (χ3v) is 4.01. The molecule has 0 radical (unpaired) electrons. The molecule has 8 nitrogen and oxygen atoms in total. The highest BCUT2D eigenvalue weighted by atomic mass is 79.9. The van der Waals surface area contributed by atoms with Crippen LogP contribution in [0.25, 0.3) is 11.3 Å². The second-order valence-corrected chi connectivity index (χ2v) is 5.91. The molecule has 1 amide bonds. The van der Waals surface area contributed by atoms with E-state index >= 15 is 0 Å². The summed E-state index contributed by atoms with van der Waals surface area (Å²) in [5.41, 5.74) is 3.47. The lowest BCUT2D eigenvalue weighted by molar-refractivity contribution is -0.384. The molecule has 1 N–H and O–H groups in total. The number of nitro benzene ring substituents is 1. The van der Waals surface area contributed by atoms with Crippen LogP contribution in [0.4, 0.5) is 5.69 Å². The first-order valence-electron chi connectivity index (χ1n) is 7.32. The van der Waals surface area contributed by atoms with Crippen LogP contribution >= 0.6 is 15.9 Å². The fourth-order valence-electron chi connectivity index (χ4n) is 2.11. The first kappa shape index (κ1) is 17.5. The van der Waals surface area contributed by atoms with Gasteiger partial charge in [-0.25, -0.2) is 5.43 Å². The minimum atomic E-state index is -0.472. The Balaban J connectivity index is 1.70. The van der Waals surface area contributed by atoms with Crippen molar-refractivity contribution < 1.29 is 14.1 Å². The number of carbonyl (C=O) groups excluding carboxylic acids is 1. The number of nitrogens with zero attached hydrogens (tertiary/aromatic N) is 3. The number of non-ortho nitro benzene ring substituents is 1. The summed E-state index contributed by atoms with van der Waals surface area (Å²) >= 11 is 3.30. The average molecular weight is 415 g/mol. The molecule has 0 atom stereocenters. The Hall–Kier alpha value is -3.33. The quantitative estimate of drug-likeness (QED) is 0.387. The molecule has 130 valence electrons. The van der Waals surface area contributed by atoms with Crippen molar-refractivity contribution in [3.8, 4) is 11.3 Å². The van der Waals surface area contributed by atoms with E-state index in [2.05, 4.69) is 31.4 Å². The van der Waals surface area contributed by atoms with Gasteiger partial charge < -0.3 is 4.42 Å². The van der Waals surface area contributed by atoms with E-state index < -0.39 is 4.92 Å². The molecule has 0 spiro atoms. The maximum atomic E-state index is 11.8. The van der Waals surface area contributed by atoms with Gasteiger partial charge in [0.1, 0.15) is 11.5 Å². The molecule has 3 aromatic rings. The molecule has 0 unspecified atom stereocenters. The minimum Gasteiger partial charge on any atom is -0.455 e. The van der Waals surface area contributed by atoms with Crippen molar-refractivity contribution in [2.45, 2.75) is 0 Å². The number of nitrogens with one attached hydrogen (secondary N) is 1. The highest BCUT2D eigenvalue weighted by molar-refractivity contribution is 9.10. The first-order chi connectivity index (χ1) is 12.5. The topological polar surface area (TPSA) is 111 Å². The number of amides is 1. The molecule has 0 saturated carbocycles. The van der Waals surface area contributed by atoms with E-state index in [4.69, 9.17) is 4.42 Å². The van der Waals surface area contributed by atoms with Crippen LogP contribution < -0.4 is 5.43 Å². The Morgan fingerprint density at radius 2 is 2.00 bits per heavy atom. The molecule has 0 bridgehead atoms. The van der Waals surface area contributed by atoms with Gasteiger partial charge >= 0.3 is 0 Å². The average Bonchev–Trinajstić information content (AvgIpc) is 3.10. The Morgan fingerprint density at radius 3 is 2.69 bits per heavy atom. The lowest BCUT2D eigenvalue weighted by Gasteiger charge is -2.00. The van der Waals surface area contributed by atoms with E-state index in [1.54, 1.807) is 30.3 Å². The number of rotatable bonds is 5. The van der Waals surface area contributed by atoms with Crippen molar-refractivity contribution in [3.05, 3.63) is 80.8 Å². The SMILES string of the molecule is O=C(N/N=C\c1ccc(-c2ccc([N+](=O)[O-])cc2Br)o1)c1ccncc1. The van der Waals surface area contributed by atoms with Gasteiger partial charge in [-0.2, -0.15) is 5.10 Å². The van der Waals surface area contributed by atoms with Crippen LogP contribution in [0.15, 0.2) is 68.8 Å². The van der Waals surface area contributed by atoms with Crippen LogP contribution in [0.5, 0.6) is 0 Å². The number of hydrazone groups is 1. The smallest absolute Gasteiger partial charge is 0.271 e. The number of pyridine rings is 1. The fraction of sp³-hybridized carbons (Fsp3) is 0. The molecule has 0 aliphatic carbocycles. The number of benzene rings is 1. The molecule has 1 aromatic carbocycles. The summed E-state index contributed by atoms with van der Waals surface area (Å²) in [6.07, 6.45) is 4.39. The van der Waals surface area contributed by atoms with Gasteiger partial charge in [-0.1, -0.05) is 0 Å². The van der Waals surface area contributed by atoms with Gasteiger partial charge in [0.25, 0.3) is 11.6 Å². The molecule has 3 rings (SSSR count). The van der Waals surface area contributed by atoms with Crippen molar-refractivity contribution in [1.29, 1.82) is 0 Å². The lowest BCUT2D eigenvalue weighted by Crippen LogP contribution is -2.17. The first-order valence-corrected chi connectivity index (χ1v) is 8.11. The second kappa shape index (κ2) is 7.70. The third-order valence-electron chi connectivity index (χ3n) is 3.36. The Kier molecular flexibility index (Phi) is 5.18. The van der Waals surface area contributed by atoms with Crippen molar-refractivity contribution >= 4 is 33.7 Å². The van der Waals surface area contributed by atoms with Gasteiger partial charge in [0.05, 0.1) is 11.1 Å². The number of furan rings is 1. The van der Waals surface area contributed by atoms with Gasteiger partial charge in [0.2, 0.25) is 0 Å². The molecule has 0 aliphatic rings. The molecule has 0 aliphatic heterocycles.